The summed E-state index contributed by atoms with van der Waals surface area (Å²) in [5.74, 6) is -0.470. The molecule has 0 aliphatic carbocycles. The summed E-state index contributed by atoms with van der Waals surface area (Å²) in [6.45, 7) is 4.09. The van der Waals surface area contributed by atoms with Crippen LogP contribution < -0.4 is 29.6 Å². The molecule has 0 aromatic carbocycles. The first-order chi connectivity index (χ1) is 5.20. The topological polar surface area (TPSA) is 52.6 Å². The Morgan fingerprint density at radius 3 is 2.42 bits per heavy atom. The van der Waals surface area contributed by atoms with E-state index in [1.807, 2.05) is 0 Å². The van der Waals surface area contributed by atoms with Crippen LogP contribution in [0.2, 0.25) is 0 Å². The van der Waals surface area contributed by atoms with Crippen molar-refractivity contribution in [3.05, 3.63) is 0 Å². The monoisotopic (exact) mass is 203 g/mol. The summed E-state index contributed by atoms with van der Waals surface area (Å²) >= 11 is 0. The van der Waals surface area contributed by atoms with Crippen molar-refractivity contribution in [3.63, 3.8) is 0 Å². The summed E-state index contributed by atoms with van der Waals surface area (Å²) in [4.78, 5) is 10.6. The number of carbonyl (C=O) groups is 1. The van der Waals surface area contributed by atoms with E-state index in [0.717, 1.165) is 0 Å². The van der Waals surface area contributed by atoms with E-state index in [4.69, 9.17) is 0 Å². The Hall–Kier alpha value is 0.530. The molecule has 0 saturated carbocycles. The molecule has 12 heavy (non-hydrogen) atoms. The molecule has 0 aliphatic rings. The van der Waals surface area contributed by atoms with Crippen LogP contribution in [0, 0.1) is 0 Å². The first-order valence-electron chi connectivity index (χ1n) is 3.43. The largest absolute Gasteiger partial charge is 1.00 e. The second kappa shape index (κ2) is 9.62. The van der Waals surface area contributed by atoms with Crippen molar-refractivity contribution in [2.75, 3.05) is 19.4 Å². The minimum Gasteiger partial charge on any atom is -1.00 e. The molecular weight excluding hydrogens is 190 g/mol. The van der Waals surface area contributed by atoms with Crippen LogP contribution in [0.4, 0.5) is 0 Å². The summed E-state index contributed by atoms with van der Waals surface area (Å²) in [6, 6.07) is 0. The molecule has 0 spiro atoms. The van der Waals surface area contributed by atoms with Crippen molar-refractivity contribution in [1.82, 2.24) is 0 Å². The van der Waals surface area contributed by atoms with Crippen molar-refractivity contribution in [3.8, 4) is 0 Å². The molecule has 0 saturated heterocycles. The van der Waals surface area contributed by atoms with Crippen LogP contribution >= 0.6 is 8.03 Å². The van der Waals surface area contributed by atoms with E-state index in [-0.39, 0.29) is 37.1 Å². The van der Waals surface area contributed by atoms with Gasteiger partial charge in [0.05, 0.1) is 13.2 Å². The normalized spacial score (nSPS) is 10.0. The predicted octanol–water partition coefficient (Wildman–Crippen LogP) is -1.56. The van der Waals surface area contributed by atoms with Gasteiger partial charge in [-0.05, 0) is 18.4 Å². The molecule has 0 bridgehead atoms. The number of carbonyl (C=O) groups excluding carboxylic acids is 1. The van der Waals surface area contributed by atoms with E-state index in [0.29, 0.717) is 13.2 Å². The molecule has 6 heteroatoms. The quantitative estimate of drug-likeness (QED) is 0.308. The third kappa shape index (κ3) is 8.62. The van der Waals surface area contributed by atoms with Gasteiger partial charge in [-0.3, -0.25) is 0 Å². The van der Waals surface area contributed by atoms with Gasteiger partial charge in [0.1, 0.15) is 0 Å². The molecule has 0 amide bonds. The molecule has 0 fully saturated rings. The maximum absolute atomic E-state index is 10.8. The van der Waals surface area contributed by atoms with Gasteiger partial charge in [0.2, 0.25) is 0 Å². The second-order valence-electron chi connectivity index (χ2n) is 1.71. The molecule has 4 nitrogen and oxygen atoms in total. The Kier molecular flexibility index (Phi) is 12.0. The average molecular weight is 203 g/mol. The summed E-state index contributed by atoms with van der Waals surface area (Å²) in [5, 5.41) is 0. The fourth-order valence-corrected chi connectivity index (χ4v) is 1.18. The second-order valence-corrected chi connectivity index (χ2v) is 2.95. The first kappa shape index (κ1) is 15.0. The van der Waals surface area contributed by atoms with E-state index >= 15 is 0 Å². The minimum absolute atomic E-state index is 0. The van der Waals surface area contributed by atoms with Gasteiger partial charge in [0.15, 0.2) is 0 Å². The smallest absolute Gasteiger partial charge is 1.00 e. The zero-order valence-corrected chi connectivity index (χ0v) is 10.6. The molecule has 0 aliphatic heterocycles. The Labute approximate surface area is 96.6 Å². The van der Waals surface area contributed by atoms with Crippen molar-refractivity contribution < 1.29 is 49.6 Å². The van der Waals surface area contributed by atoms with Crippen LogP contribution in [0.5, 0.6) is 0 Å². The summed E-state index contributed by atoms with van der Waals surface area (Å²) in [7, 11) is -1.86. The van der Waals surface area contributed by atoms with Crippen molar-refractivity contribution in [2.45, 2.75) is 13.8 Å². The molecule has 0 aromatic heterocycles. The van der Waals surface area contributed by atoms with Gasteiger partial charge < -0.3 is 6.16 Å². The van der Waals surface area contributed by atoms with Gasteiger partial charge in [0, 0.05) is 0 Å². The third-order valence-corrected chi connectivity index (χ3v) is 1.90. The molecule has 0 aromatic rings. The zero-order chi connectivity index (χ0) is 8.69. The van der Waals surface area contributed by atoms with E-state index < -0.39 is 14.0 Å². The van der Waals surface area contributed by atoms with E-state index in [1.54, 1.807) is 13.8 Å². The fraction of sp³-hybridized carbons (Fsp3) is 0.833. The maximum Gasteiger partial charge on any atom is 1.00 e. The Balaban J connectivity index is -0.000000500. The molecular formula is C6H13NaO4P+. The summed E-state index contributed by atoms with van der Waals surface area (Å²) in [6.07, 6.45) is -0.142. The molecule has 1 atom stereocenters. The van der Waals surface area contributed by atoms with Gasteiger partial charge in [-0.2, -0.15) is 0 Å². The summed E-state index contributed by atoms with van der Waals surface area (Å²) in [5.41, 5.74) is 0. The van der Waals surface area contributed by atoms with Gasteiger partial charge in [-0.25, -0.2) is 4.79 Å². The van der Waals surface area contributed by atoms with E-state index in [1.165, 1.54) is 0 Å². The first-order valence-corrected chi connectivity index (χ1v) is 4.80. The summed E-state index contributed by atoms with van der Waals surface area (Å²) < 4.78 is 20.0. The van der Waals surface area contributed by atoms with Gasteiger partial charge in [0.25, 0.3) is 6.16 Å². The fourth-order valence-electron chi connectivity index (χ4n) is 0.502. The van der Waals surface area contributed by atoms with E-state index in [2.05, 4.69) is 9.26 Å². The zero-order valence-electron chi connectivity index (χ0n) is 8.70. The number of hydrogen-bond donors (Lipinski definition) is 0. The van der Waals surface area contributed by atoms with Crippen molar-refractivity contribution >= 4 is 14.0 Å². The molecule has 0 heterocycles. The molecule has 1 unspecified atom stereocenters. The molecule has 0 radical (unpaired) electrons. The Morgan fingerprint density at radius 1 is 1.42 bits per heavy atom. The van der Waals surface area contributed by atoms with Crippen molar-refractivity contribution in [2.24, 2.45) is 0 Å². The van der Waals surface area contributed by atoms with Crippen LogP contribution in [-0.2, 0) is 18.6 Å². The van der Waals surface area contributed by atoms with Crippen LogP contribution in [0.25, 0.3) is 0 Å². The number of rotatable bonds is 5. The maximum atomic E-state index is 10.8. The number of hydrogen-bond acceptors (Lipinski definition) is 4. The Morgan fingerprint density at radius 2 is 2.00 bits per heavy atom. The molecule has 0 N–H and O–H groups in total. The average Bonchev–Trinajstić information content (AvgIpc) is 1.87. The Bertz CT molecular complexity index is 140. The van der Waals surface area contributed by atoms with E-state index in [9.17, 15) is 9.36 Å². The predicted molar refractivity (Wildman–Crippen MR) is 41.8 cm³/mol. The van der Waals surface area contributed by atoms with Crippen molar-refractivity contribution in [1.29, 1.82) is 0 Å². The molecule has 66 valence electrons. The van der Waals surface area contributed by atoms with Crippen LogP contribution in [0.3, 0.4) is 0 Å². The third-order valence-electron chi connectivity index (χ3n) is 0.837. The van der Waals surface area contributed by atoms with Gasteiger partial charge in [-0.15, -0.1) is 4.52 Å². The van der Waals surface area contributed by atoms with Crippen LogP contribution in [0.1, 0.15) is 15.3 Å². The number of ether oxygens (including phenoxy) is 1. The standard InChI is InChI=1S/C6H12O4P.Na.H/c1-3-9-6(7)5-11(8)10-4-2;;/h3-5H2,1-2H3;;/q2*+1;-1. The minimum atomic E-state index is -1.86. The number of esters is 1. The molecule has 0 rings (SSSR count). The van der Waals surface area contributed by atoms with Gasteiger partial charge >= 0.3 is 43.6 Å². The van der Waals surface area contributed by atoms with Gasteiger partial charge in [-0.1, -0.05) is 0 Å². The van der Waals surface area contributed by atoms with Crippen LogP contribution in [0.15, 0.2) is 0 Å². The SMILES string of the molecule is CCOC(=O)C[P+](=O)OCC.[H-].[Na+]. The van der Waals surface area contributed by atoms with Crippen LogP contribution in [-0.4, -0.2) is 25.3 Å².